The molecule has 1 heterocycles. The number of fused-ring (bicyclic) bond motifs is 1. The van der Waals surface area contributed by atoms with Crippen LogP contribution in [0.15, 0.2) is 48.5 Å². The largest absolute Gasteiger partial charge is 0.497 e. The van der Waals surface area contributed by atoms with Crippen molar-refractivity contribution in [3.63, 3.8) is 0 Å². The van der Waals surface area contributed by atoms with E-state index in [4.69, 9.17) is 10.5 Å². The van der Waals surface area contributed by atoms with Crippen LogP contribution in [0.4, 0.5) is 4.39 Å². The number of nitrogens with zero attached hydrogens (tertiary/aromatic N) is 2. The molecule has 1 atom stereocenters. The Balaban J connectivity index is 1.96. The lowest BCUT2D eigenvalue weighted by atomic mass is 9.89. The van der Waals surface area contributed by atoms with Crippen LogP contribution in [0.5, 0.6) is 5.75 Å². The summed E-state index contributed by atoms with van der Waals surface area (Å²) >= 11 is 0. The maximum atomic E-state index is 13.3. The van der Waals surface area contributed by atoms with Crippen molar-refractivity contribution in [2.24, 2.45) is 5.73 Å². The highest BCUT2D eigenvalue weighted by Crippen LogP contribution is 2.37. The fourth-order valence-electron chi connectivity index (χ4n) is 3.35. The molecule has 0 saturated carbocycles. The summed E-state index contributed by atoms with van der Waals surface area (Å²) in [5.74, 6) is 0.371. The Bertz CT molecular complexity index is 979. The zero-order chi connectivity index (χ0) is 18.3. The molecule has 0 saturated heterocycles. The first-order valence-corrected chi connectivity index (χ1v) is 8.40. The van der Waals surface area contributed by atoms with Crippen molar-refractivity contribution < 1.29 is 13.9 Å². The Morgan fingerprint density at radius 3 is 2.73 bits per heavy atom. The summed E-state index contributed by atoms with van der Waals surface area (Å²) in [6, 6.07) is 13.1. The highest BCUT2D eigenvalue weighted by molar-refractivity contribution is 6.04. The van der Waals surface area contributed by atoms with Gasteiger partial charge < -0.3 is 10.5 Å². The number of Topliss-reactive ketones (excluding diaryl/α,β-unsaturated/α-hetero) is 1. The van der Waals surface area contributed by atoms with Gasteiger partial charge in [0.05, 0.1) is 24.1 Å². The lowest BCUT2D eigenvalue weighted by molar-refractivity contribution is 0.0967. The number of carbonyl (C=O) groups is 1. The van der Waals surface area contributed by atoms with Gasteiger partial charge in [-0.15, -0.1) is 0 Å². The van der Waals surface area contributed by atoms with Crippen molar-refractivity contribution in [2.75, 3.05) is 7.11 Å². The first kappa shape index (κ1) is 16.5. The predicted molar refractivity (Wildman–Crippen MR) is 96.0 cm³/mol. The standard InChI is InChI=1S/C20H18FN3O2/c1-26-15-4-2-3-12(11-15)19-18-17(25)10-9-16(22)20(18)24(23-19)14-7-5-13(21)6-8-14/h2-8,11,16H,9-10,22H2,1H3. The van der Waals surface area contributed by atoms with Crippen molar-refractivity contribution in [2.45, 2.75) is 18.9 Å². The molecule has 0 aliphatic heterocycles. The number of carbonyl (C=O) groups excluding carboxylic acids is 1. The lowest BCUT2D eigenvalue weighted by Gasteiger charge is -2.20. The minimum absolute atomic E-state index is 0.0212. The molecule has 1 aliphatic rings. The van der Waals surface area contributed by atoms with Gasteiger partial charge in [-0.1, -0.05) is 12.1 Å². The zero-order valence-electron chi connectivity index (χ0n) is 14.3. The minimum atomic E-state index is -0.330. The number of halogens is 1. The van der Waals surface area contributed by atoms with Gasteiger partial charge in [0.25, 0.3) is 0 Å². The Morgan fingerprint density at radius 2 is 2.00 bits per heavy atom. The summed E-state index contributed by atoms with van der Waals surface area (Å²) in [6.07, 6.45) is 0.955. The van der Waals surface area contributed by atoms with Crippen LogP contribution in [0, 0.1) is 5.82 Å². The van der Waals surface area contributed by atoms with Crippen molar-refractivity contribution in [3.8, 4) is 22.7 Å². The highest BCUT2D eigenvalue weighted by atomic mass is 19.1. The van der Waals surface area contributed by atoms with Crippen LogP contribution in [-0.4, -0.2) is 22.7 Å². The first-order valence-electron chi connectivity index (χ1n) is 8.40. The van der Waals surface area contributed by atoms with Crippen molar-refractivity contribution in [1.29, 1.82) is 0 Å². The normalized spacial score (nSPS) is 16.4. The van der Waals surface area contributed by atoms with E-state index in [-0.39, 0.29) is 17.6 Å². The average Bonchev–Trinajstić information content (AvgIpc) is 3.07. The molecule has 0 amide bonds. The number of hydrogen-bond acceptors (Lipinski definition) is 4. The van der Waals surface area contributed by atoms with Crippen molar-refractivity contribution in [3.05, 3.63) is 65.6 Å². The molecular formula is C20H18FN3O2. The van der Waals surface area contributed by atoms with Gasteiger partial charge in [-0.25, -0.2) is 9.07 Å². The molecule has 4 rings (SSSR count). The molecule has 26 heavy (non-hydrogen) atoms. The molecule has 1 aromatic heterocycles. The molecule has 0 fully saturated rings. The molecule has 3 aromatic rings. The molecule has 1 aliphatic carbocycles. The number of rotatable bonds is 3. The maximum Gasteiger partial charge on any atom is 0.167 e. The molecule has 2 aromatic carbocycles. The Morgan fingerprint density at radius 1 is 1.23 bits per heavy atom. The second-order valence-electron chi connectivity index (χ2n) is 6.30. The Hall–Kier alpha value is -2.99. The molecule has 0 bridgehead atoms. The number of aromatic nitrogens is 2. The second kappa shape index (κ2) is 6.38. The molecule has 0 radical (unpaired) electrons. The van der Waals surface area contributed by atoms with E-state index in [0.29, 0.717) is 41.2 Å². The second-order valence-corrected chi connectivity index (χ2v) is 6.30. The molecule has 132 valence electrons. The number of ether oxygens (including phenoxy) is 1. The van der Waals surface area contributed by atoms with E-state index in [0.717, 1.165) is 5.56 Å². The molecule has 5 nitrogen and oxygen atoms in total. The van der Waals surface area contributed by atoms with E-state index in [1.807, 2.05) is 24.3 Å². The van der Waals surface area contributed by atoms with Crippen LogP contribution < -0.4 is 10.5 Å². The topological polar surface area (TPSA) is 70.1 Å². The highest BCUT2D eigenvalue weighted by Gasteiger charge is 2.32. The number of hydrogen-bond donors (Lipinski definition) is 1. The molecular weight excluding hydrogens is 333 g/mol. The number of benzene rings is 2. The molecule has 6 heteroatoms. The third-order valence-electron chi connectivity index (χ3n) is 4.65. The van der Waals surface area contributed by atoms with E-state index >= 15 is 0 Å². The summed E-state index contributed by atoms with van der Waals surface area (Å²) < 4.78 is 20.3. The van der Waals surface area contributed by atoms with Crippen LogP contribution in [0.3, 0.4) is 0 Å². The van der Waals surface area contributed by atoms with Gasteiger partial charge in [-0.3, -0.25) is 4.79 Å². The third kappa shape index (κ3) is 2.68. The van der Waals surface area contributed by atoms with Gasteiger partial charge in [0, 0.05) is 18.0 Å². The van der Waals surface area contributed by atoms with Crippen molar-refractivity contribution in [1.82, 2.24) is 9.78 Å². The van der Waals surface area contributed by atoms with E-state index in [1.165, 1.54) is 12.1 Å². The zero-order valence-corrected chi connectivity index (χ0v) is 14.3. The molecule has 1 unspecified atom stereocenters. The summed E-state index contributed by atoms with van der Waals surface area (Å²) in [6.45, 7) is 0. The van der Waals surface area contributed by atoms with Crippen LogP contribution in [-0.2, 0) is 0 Å². The van der Waals surface area contributed by atoms with E-state index in [1.54, 1.807) is 23.9 Å². The Labute approximate surface area is 150 Å². The summed E-state index contributed by atoms with van der Waals surface area (Å²) in [7, 11) is 1.59. The SMILES string of the molecule is COc1cccc(-c2nn(-c3ccc(F)cc3)c3c2C(=O)CCC3N)c1. The smallest absolute Gasteiger partial charge is 0.167 e. The van der Waals surface area contributed by atoms with Crippen LogP contribution in [0.25, 0.3) is 16.9 Å². The maximum absolute atomic E-state index is 13.3. The molecule has 2 N–H and O–H groups in total. The summed E-state index contributed by atoms with van der Waals surface area (Å²) in [5.41, 5.74) is 9.55. The Kier molecular flexibility index (Phi) is 4.05. The monoisotopic (exact) mass is 351 g/mol. The van der Waals surface area contributed by atoms with Crippen LogP contribution in [0.2, 0.25) is 0 Å². The van der Waals surface area contributed by atoms with E-state index < -0.39 is 0 Å². The summed E-state index contributed by atoms with van der Waals surface area (Å²) in [5, 5.41) is 4.68. The fraction of sp³-hybridized carbons (Fsp3) is 0.200. The van der Waals surface area contributed by atoms with Gasteiger partial charge in [-0.2, -0.15) is 5.10 Å². The number of methoxy groups -OCH3 is 1. The van der Waals surface area contributed by atoms with Gasteiger partial charge in [0.15, 0.2) is 5.78 Å². The van der Waals surface area contributed by atoms with Crippen molar-refractivity contribution >= 4 is 5.78 Å². The summed E-state index contributed by atoms with van der Waals surface area (Å²) in [4.78, 5) is 12.7. The predicted octanol–water partition coefficient (Wildman–Crippen LogP) is 3.66. The van der Waals surface area contributed by atoms with Gasteiger partial charge in [-0.05, 0) is 42.8 Å². The van der Waals surface area contributed by atoms with Gasteiger partial charge in [0.1, 0.15) is 17.3 Å². The average molecular weight is 351 g/mol. The lowest BCUT2D eigenvalue weighted by Crippen LogP contribution is -2.23. The van der Waals surface area contributed by atoms with Crippen LogP contribution in [0.1, 0.15) is 34.9 Å². The van der Waals surface area contributed by atoms with Gasteiger partial charge >= 0.3 is 0 Å². The first-order chi connectivity index (χ1) is 12.6. The van der Waals surface area contributed by atoms with E-state index in [2.05, 4.69) is 5.10 Å². The number of ketones is 1. The third-order valence-corrected chi connectivity index (χ3v) is 4.65. The quantitative estimate of drug-likeness (QED) is 0.782. The van der Waals surface area contributed by atoms with Gasteiger partial charge in [0.2, 0.25) is 0 Å². The minimum Gasteiger partial charge on any atom is -0.497 e. The van der Waals surface area contributed by atoms with Crippen LogP contribution >= 0.6 is 0 Å². The van der Waals surface area contributed by atoms with E-state index in [9.17, 15) is 9.18 Å². The molecule has 0 spiro atoms. The number of nitrogens with two attached hydrogens (primary N) is 1. The fourth-order valence-corrected chi connectivity index (χ4v) is 3.35.